The first-order chi connectivity index (χ1) is 15.3. The van der Waals surface area contributed by atoms with Crippen LogP contribution in [-0.4, -0.2) is 16.8 Å². The van der Waals surface area contributed by atoms with Crippen molar-refractivity contribution in [3.8, 4) is 11.1 Å². The lowest BCUT2D eigenvalue weighted by Crippen LogP contribution is -2.25. The summed E-state index contributed by atoms with van der Waals surface area (Å²) in [7, 11) is 0. The van der Waals surface area contributed by atoms with Gasteiger partial charge in [-0.15, -0.1) is 0 Å². The first-order valence-corrected chi connectivity index (χ1v) is 10.2. The minimum atomic E-state index is -1.42. The molecule has 0 radical (unpaired) electrons. The van der Waals surface area contributed by atoms with E-state index in [0.29, 0.717) is 6.42 Å². The molecule has 0 aliphatic rings. The fraction of sp³-hybridized carbons (Fsp3) is 0.200. The van der Waals surface area contributed by atoms with Crippen molar-refractivity contribution in [2.45, 2.75) is 26.3 Å². The summed E-state index contributed by atoms with van der Waals surface area (Å²) < 4.78 is 0. The fourth-order valence-corrected chi connectivity index (χ4v) is 3.44. The van der Waals surface area contributed by atoms with E-state index in [1.807, 2.05) is 54.6 Å². The predicted octanol–water partition coefficient (Wildman–Crippen LogP) is 3.87. The van der Waals surface area contributed by atoms with Gasteiger partial charge in [-0.1, -0.05) is 67.6 Å². The second-order valence-corrected chi connectivity index (χ2v) is 7.71. The van der Waals surface area contributed by atoms with E-state index in [9.17, 15) is 24.8 Å². The van der Waals surface area contributed by atoms with Crippen LogP contribution in [0.1, 0.15) is 41.4 Å². The number of amides is 1. The standard InChI is InChI=1S/C25H24N2O5/c1-16(14-18-8-10-20(11-9-18)19-6-4-3-5-7-19)24(28)26-23-15-21(25(29)30)12-13-22(23)17(2)27(31)32/h3-13,15-17H,14H2,1-2H3,(H,26,28)(H,29,30)/p-1. The first-order valence-electron chi connectivity index (χ1n) is 10.2. The summed E-state index contributed by atoms with van der Waals surface area (Å²) in [6.07, 6.45) is 0.460. The lowest BCUT2D eigenvalue weighted by atomic mass is 9.97. The Labute approximate surface area is 185 Å². The van der Waals surface area contributed by atoms with Gasteiger partial charge in [0.1, 0.15) is 0 Å². The third-order valence-corrected chi connectivity index (χ3v) is 5.36. The van der Waals surface area contributed by atoms with Crippen molar-refractivity contribution in [3.05, 3.63) is 99.6 Å². The van der Waals surface area contributed by atoms with E-state index < -0.39 is 22.9 Å². The van der Waals surface area contributed by atoms with Crippen LogP contribution < -0.4 is 10.4 Å². The van der Waals surface area contributed by atoms with Gasteiger partial charge in [0.25, 0.3) is 0 Å². The van der Waals surface area contributed by atoms with Crippen LogP contribution in [0.4, 0.5) is 5.69 Å². The number of nitro groups is 1. The van der Waals surface area contributed by atoms with Gasteiger partial charge in [-0.25, -0.2) is 0 Å². The van der Waals surface area contributed by atoms with E-state index in [1.54, 1.807) is 6.92 Å². The molecule has 164 valence electrons. The van der Waals surface area contributed by atoms with Crippen molar-refractivity contribution in [2.24, 2.45) is 5.92 Å². The van der Waals surface area contributed by atoms with Crippen molar-refractivity contribution < 1.29 is 19.6 Å². The summed E-state index contributed by atoms with van der Waals surface area (Å²) in [4.78, 5) is 34.7. The van der Waals surface area contributed by atoms with Gasteiger partial charge in [-0.3, -0.25) is 14.9 Å². The lowest BCUT2D eigenvalue weighted by molar-refractivity contribution is -0.524. The highest BCUT2D eigenvalue weighted by Crippen LogP contribution is 2.27. The van der Waals surface area contributed by atoms with Crippen LogP contribution >= 0.6 is 0 Å². The third kappa shape index (κ3) is 5.37. The number of aromatic carboxylic acids is 1. The number of anilines is 1. The maximum atomic E-state index is 12.8. The summed E-state index contributed by atoms with van der Waals surface area (Å²) in [6.45, 7) is 3.13. The molecule has 2 unspecified atom stereocenters. The maximum absolute atomic E-state index is 12.8. The van der Waals surface area contributed by atoms with Gasteiger partial charge in [-0.05, 0) is 40.8 Å². The Morgan fingerprint density at radius 1 is 0.938 bits per heavy atom. The number of carbonyl (C=O) groups excluding carboxylic acids is 2. The smallest absolute Gasteiger partial charge is 0.237 e. The molecule has 2 atom stereocenters. The molecule has 7 nitrogen and oxygen atoms in total. The Morgan fingerprint density at radius 2 is 1.56 bits per heavy atom. The minimum absolute atomic E-state index is 0.104. The van der Waals surface area contributed by atoms with Crippen LogP contribution in [0.2, 0.25) is 0 Å². The molecule has 0 saturated heterocycles. The molecule has 0 fully saturated rings. The van der Waals surface area contributed by atoms with Gasteiger partial charge in [0.2, 0.25) is 11.9 Å². The van der Waals surface area contributed by atoms with Crippen molar-refractivity contribution in [3.63, 3.8) is 0 Å². The number of carboxylic acids is 1. The second-order valence-electron chi connectivity index (χ2n) is 7.71. The Hall–Kier alpha value is -4.00. The molecule has 1 amide bonds. The quantitative estimate of drug-likeness (QED) is 0.430. The molecule has 0 bridgehead atoms. The Bertz CT molecular complexity index is 1130. The maximum Gasteiger partial charge on any atom is 0.237 e. The zero-order valence-corrected chi connectivity index (χ0v) is 17.8. The molecule has 3 rings (SSSR count). The molecule has 0 spiro atoms. The number of nitrogens with zero attached hydrogens (tertiary/aromatic N) is 1. The van der Waals surface area contributed by atoms with Crippen LogP contribution in [0.3, 0.4) is 0 Å². The third-order valence-electron chi connectivity index (χ3n) is 5.36. The number of carbonyl (C=O) groups is 2. The van der Waals surface area contributed by atoms with Crippen LogP contribution in [0.25, 0.3) is 11.1 Å². The summed E-state index contributed by atoms with van der Waals surface area (Å²) >= 11 is 0. The topological polar surface area (TPSA) is 112 Å². The highest BCUT2D eigenvalue weighted by Gasteiger charge is 2.23. The molecule has 7 heteroatoms. The Balaban J connectivity index is 1.74. The number of benzene rings is 3. The monoisotopic (exact) mass is 431 g/mol. The predicted molar refractivity (Wildman–Crippen MR) is 120 cm³/mol. The van der Waals surface area contributed by atoms with E-state index >= 15 is 0 Å². The number of rotatable bonds is 8. The number of nitrogens with one attached hydrogen (secondary N) is 1. The number of carboxylic acid groups (broad SMARTS) is 1. The van der Waals surface area contributed by atoms with Gasteiger partial charge in [0.15, 0.2) is 0 Å². The van der Waals surface area contributed by atoms with Crippen LogP contribution in [0.5, 0.6) is 0 Å². The molecular weight excluding hydrogens is 408 g/mol. The number of hydrogen-bond acceptors (Lipinski definition) is 5. The van der Waals surface area contributed by atoms with Crippen LogP contribution in [-0.2, 0) is 11.2 Å². The molecule has 0 heterocycles. The number of hydrogen-bond donors (Lipinski definition) is 1. The first kappa shape index (κ1) is 22.7. The van der Waals surface area contributed by atoms with Gasteiger partial charge in [0.05, 0.1) is 11.7 Å². The molecule has 0 aliphatic heterocycles. The summed E-state index contributed by atoms with van der Waals surface area (Å²) in [6, 6.07) is 20.5. The van der Waals surface area contributed by atoms with Crippen molar-refractivity contribution in [2.75, 3.05) is 5.32 Å². The minimum Gasteiger partial charge on any atom is -0.545 e. The Morgan fingerprint density at radius 3 is 2.16 bits per heavy atom. The molecule has 0 saturated carbocycles. The fourth-order valence-electron chi connectivity index (χ4n) is 3.44. The highest BCUT2D eigenvalue weighted by atomic mass is 16.6. The largest absolute Gasteiger partial charge is 0.545 e. The highest BCUT2D eigenvalue weighted by molar-refractivity contribution is 5.95. The summed E-state index contributed by atoms with van der Waals surface area (Å²) in [5.41, 5.74) is 3.31. The molecule has 3 aromatic rings. The molecule has 1 N–H and O–H groups in total. The normalized spacial score (nSPS) is 12.6. The molecule has 0 aliphatic carbocycles. The molecule has 32 heavy (non-hydrogen) atoms. The van der Waals surface area contributed by atoms with Gasteiger partial charge in [0, 0.05) is 23.3 Å². The summed E-state index contributed by atoms with van der Waals surface area (Å²) in [5.74, 6) is -2.22. The van der Waals surface area contributed by atoms with Gasteiger partial charge >= 0.3 is 0 Å². The molecule has 0 aromatic heterocycles. The van der Waals surface area contributed by atoms with E-state index in [4.69, 9.17) is 0 Å². The molecular formula is C25H23N2O5-. The average molecular weight is 431 g/mol. The Kier molecular flexibility index (Phi) is 7.00. The second kappa shape index (κ2) is 9.87. The zero-order valence-electron chi connectivity index (χ0n) is 17.8. The zero-order chi connectivity index (χ0) is 23.3. The van der Waals surface area contributed by atoms with E-state index in [1.165, 1.54) is 25.1 Å². The van der Waals surface area contributed by atoms with Crippen LogP contribution in [0.15, 0.2) is 72.8 Å². The average Bonchev–Trinajstić information content (AvgIpc) is 2.79. The van der Waals surface area contributed by atoms with Crippen molar-refractivity contribution in [1.29, 1.82) is 0 Å². The van der Waals surface area contributed by atoms with Crippen molar-refractivity contribution in [1.82, 2.24) is 0 Å². The van der Waals surface area contributed by atoms with E-state index in [2.05, 4.69) is 5.32 Å². The SMILES string of the molecule is CC(Cc1ccc(-c2ccccc2)cc1)C(=O)Nc1cc(C(=O)[O-])ccc1C(C)[N+](=O)[O-]. The summed E-state index contributed by atoms with van der Waals surface area (Å²) in [5, 5.41) is 25.1. The van der Waals surface area contributed by atoms with Gasteiger partial charge in [-0.2, -0.15) is 0 Å². The van der Waals surface area contributed by atoms with Gasteiger partial charge < -0.3 is 15.2 Å². The lowest BCUT2D eigenvalue weighted by Gasteiger charge is -2.17. The van der Waals surface area contributed by atoms with Crippen molar-refractivity contribution >= 4 is 17.6 Å². The van der Waals surface area contributed by atoms with E-state index in [-0.39, 0.29) is 22.7 Å². The molecule has 3 aromatic carbocycles. The van der Waals surface area contributed by atoms with E-state index in [0.717, 1.165) is 16.7 Å². The van der Waals surface area contributed by atoms with Crippen LogP contribution in [0, 0.1) is 16.0 Å².